The van der Waals surface area contributed by atoms with Gasteiger partial charge in [-0.05, 0) is 69.6 Å². The van der Waals surface area contributed by atoms with Gasteiger partial charge in [0, 0.05) is 52.0 Å². The lowest BCUT2D eigenvalue weighted by molar-refractivity contribution is 0.0172. The highest BCUT2D eigenvalue weighted by Crippen LogP contribution is 2.36. The molecule has 0 saturated carbocycles. The Labute approximate surface area is 242 Å². The van der Waals surface area contributed by atoms with E-state index < -0.39 is 5.60 Å². The lowest BCUT2D eigenvalue weighted by Gasteiger charge is -2.40. The molecule has 2 aliphatic heterocycles. The van der Waals surface area contributed by atoms with Crippen molar-refractivity contribution in [1.29, 1.82) is 5.26 Å². The Morgan fingerprint density at radius 1 is 1.15 bits per heavy atom. The number of rotatable bonds is 5. The van der Waals surface area contributed by atoms with Crippen LogP contribution in [-0.4, -0.2) is 83.8 Å². The molecule has 0 bridgehead atoms. The van der Waals surface area contributed by atoms with Crippen molar-refractivity contribution in [3.8, 4) is 6.07 Å². The third-order valence-corrected chi connectivity index (χ3v) is 7.71. The van der Waals surface area contributed by atoms with E-state index in [-0.39, 0.29) is 29.3 Å². The minimum absolute atomic E-state index is 0.0115. The average Bonchev–Trinajstić information content (AvgIpc) is 2.93. The molecule has 41 heavy (non-hydrogen) atoms. The van der Waals surface area contributed by atoms with Crippen LogP contribution in [0.5, 0.6) is 0 Å². The minimum Gasteiger partial charge on any atom is -0.444 e. The van der Waals surface area contributed by atoms with E-state index in [1.54, 1.807) is 25.2 Å². The first-order valence-electron chi connectivity index (χ1n) is 14.2. The number of anilines is 3. The van der Waals surface area contributed by atoms with Crippen LogP contribution in [0.15, 0.2) is 30.5 Å². The number of nitriles is 1. The number of carbonyl (C=O) groups is 2. The highest BCUT2D eigenvalue weighted by molar-refractivity contribution is 5.74. The maximum atomic E-state index is 12.5. The number of urea groups is 1. The van der Waals surface area contributed by atoms with Crippen LogP contribution in [0.1, 0.15) is 64.6 Å². The first kappa shape index (κ1) is 29.9. The van der Waals surface area contributed by atoms with Crippen LogP contribution < -0.4 is 15.5 Å². The number of aromatic nitrogens is 2. The van der Waals surface area contributed by atoms with Crippen molar-refractivity contribution in [2.75, 3.05) is 50.5 Å². The zero-order valence-corrected chi connectivity index (χ0v) is 25.0. The van der Waals surface area contributed by atoms with Crippen LogP contribution >= 0.6 is 0 Å². The molecule has 0 radical (unpaired) electrons. The summed E-state index contributed by atoms with van der Waals surface area (Å²) in [6.07, 6.45) is 4.86. The molecule has 1 aromatic heterocycles. The molecule has 1 aromatic carbocycles. The van der Waals surface area contributed by atoms with Gasteiger partial charge in [-0.15, -0.1) is 0 Å². The number of ether oxygens (including phenoxy) is 1. The molecular weight excluding hydrogens is 520 g/mol. The zero-order chi connectivity index (χ0) is 29.8. The van der Waals surface area contributed by atoms with Crippen molar-refractivity contribution in [3.05, 3.63) is 41.7 Å². The third-order valence-electron chi connectivity index (χ3n) is 7.71. The first-order valence-corrected chi connectivity index (χ1v) is 14.2. The predicted octanol–water partition coefficient (Wildman–Crippen LogP) is 4.62. The quantitative estimate of drug-likeness (QED) is 0.541. The summed E-state index contributed by atoms with van der Waals surface area (Å²) >= 11 is 0. The monoisotopic (exact) mass is 562 g/mol. The SMILES string of the molecule is CN(C)C(=O)NC1CCCN(c2cnc(C#N)c(Nc3ccc(C4(C)CCN(C(=O)OC(C)(C)C)CC4)cc3)n2)C1. The summed E-state index contributed by atoms with van der Waals surface area (Å²) in [5, 5.41) is 16.0. The van der Waals surface area contributed by atoms with Crippen LogP contribution in [0.3, 0.4) is 0 Å². The summed E-state index contributed by atoms with van der Waals surface area (Å²) < 4.78 is 5.54. The molecule has 2 fully saturated rings. The fourth-order valence-electron chi connectivity index (χ4n) is 5.20. The molecule has 220 valence electrons. The molecule has 11 heteroatoms. The third kappa shape index (κ3) is 7.57. The van der Waals surface area contributed by atoms with Gasteiger partial charge in [-0.1, -0.05) is 19.1 Å². The Kier molecular flexibility index (Phi) is 8.90. The zero-order valence-electron chi connectivity index (χ0n) is 25.0. The van der Waals surface area contributed by atoms with Gasteiger partial charge in [-0.25, -0.2) is 19.6 Å². The highest BCUT2D eigenvalue weighted by Gasteiger charge is 2.35. The number of benzene rings is 1. The summed E-state index contributed by atoms with van der Waals surface area (Å²) in [4.78, 5) is 39.1. The first-order chi connectivity index (χ1) is 19.4. The number of likely N-dealkylation sites (tertiary alicyclic amines) is 1. The van der Waals surface area contributed by atoms with Crippen LogP contribution in [0.2, 0.25) is 0 Å². The molecular formula is C30H42N8O3. The Hall–Kier alpha value is -4.07. The predicted molar refractivity (Wildman–Crippen MR) is 158 cm³/mol. The van der Waals surface area contributed by atoms with E-state index in [2.05, 4.69) is 45.6 Å². The van der Waals surface area contributed by atoms with E-state index in [1.165, 1.54) is 10.5 Å². The number of hydrogen-bond donors (Lipinski definition) is 2. The summed E-state index contributed by atoms with van der Waals surface area (Å²) in [5.41, 5.74) is 1.67. The standard InChI is InChI=1S/C30H42N8O3/c1-29(2,3)41-28(40)37-16-13-30(4,14-17-37)21-9-11-22(12-10-21)33-26-24(18-31)32-19-25(35-26)38-15-7-8-23(20-38)34-27(39)36(5)6/h9-12,19,23H,7-8,13-17,20H2,1-6H3,(H,33,35)(H,34,39). The molecule has 2 aromatic rings. The van der Waals surface area contributed by atoms with E-state index in [9.17, 15) is 14.9 Å². The van der Waals surface area contributed by atoms with E-state index in [4.69, 9.17) is 9.72 Å². The molecule has 2 aliphatic rings. The van der Waals surface area contributed by atoms with E-state index in [0.717, 1.165) is 37.9 Å². The Bertz CT molecular complexity index is 1270. The fourth-order valence-corrected chi connectivity index (χ4v) is 5.20. The molecule has 1 unspecified atom stereocenters. The number of piperidine rings is 2. The largest absolute Gasteiger partial charge is 0.444 e. The van der Waals surface area contributed by atoms with Crippen molar-refractivity contribution in [1.82, 2.24) is 25.1 Å². The highest BCUT2D eigenvalue weighted by atomic mass is 16.6. The second-order valence-electron chi connectivity index (χ2n) is 12.4. The molecule has 0 spiro atoms. The molecule has 2 saturated heterocycles. The van der Waals surface area contributed by atoms with Crippen molar-refractivity contribution in [2.24, 2.45) is 0 Å². The number of carbonyl (C=O) groups excluding carboxylic acids is 2. The summed E-state index contributed by atoms with van der Waals surface area (Å²) in [6, 6.07) is 10.2. The minimum atomic E-state index is -0.504. The Morgan fingerprint density at radius 2 is 1.83 bits per heavy atom. The van der Waals surface area contributed by atoms with Crippen molar-refractivity contribution in [3.63, 3.8) is 0 Å². The van der Waals surface area contributed by atoms with Crippen molar-refractivity contribution >= 4 is 29.4 Å². The van der Waals surface area contributed by atoms with Gasteiger partial charge >= 0.3 is 12.1 Å². The van der Waals surface area contributed by atoms with Gasteiger partial charge in [-0.2, -0.15) is 5.26 Å². The van der Waals surface area contributed by atoms with Gasteiger partial charge in [0.25, 0.3) is 0 Å². The van der Waals surface area contributed by atoms with Crippen LogP contribution in [-0.2, 0) is 10.2 Å². The summed E-state index contributed by atoms with van der Waals surface area (Å²) in [5.74, 6) is 1.06. The lowest BCUT2D eigenvalue weighted by atomic mass is 9.74. The van der Waals surface area contributed by atoms with E-state index in [0.29, 0.717) is 31.3 Å². The van der Waals surface area contributed by atoms with E-state index >= 15 is 0 Å². The number of nitrogens with one attached hydrogen (secondary N) is 2. The molecule has 4 rings (SSSR count). The van der Waals surface area contributed by atoms with Crippen LogP contribution in [0.4, 0.5) is 26.9 Å². The summed E-state index contributed by atoms with van der Waals surface area (Å²) in [7, 11) is 3.45. The summed E-state index contributed by atoms with van der Waals surface area (Å²) in [6.45, 7) is 10.6. The van der Waals surface area contributed by atoms with Crippen LogP contribution in [0, 0.1) is 11.3 Å². The smallest absolute Gasteiger partial charge is 0.410 e. The average molecular weight is 563 g/mol. The Morgan fingerprint density at radius 3 is 2.44 bits per heavy atom. The van der Waals surface area contributed by atoms with Crippen molar-refractivity contribution in [2.45, 2.75) is 70.4 Å². The van der Waals surface area contributed by atoms with Gasteiger partial charge in [0.05, 0.1) is 6.20 Å². The maximum Gasteiger partial charge on any atom is 0.410 e. The van der Waals surface area contributed by atoms with Crippen LogP contribution in [0.25, 0.3) is 0 Å². The van der Waals surface area contributed by atoms with Crippen molar-refractivity contribution < 1.29 is 14.3 Å². The molecule has 2 N–H and O–H groups in total. The number of hydrogen-bond acceptors (Lipinski definition) is 8. The van der Waals surface area contributed by atoms with Gasteiger partial charge in [0.15, 0.2) is 11.5 Å². The van der Waals surface area contributed by atoms with Gasteiger partial charge in [0.2, 0.25) is 0 Å². The normalized spacial score (nSPS) is 18.7. The van der Waals surface area contributed by atoms with Gasteiger partial charge in [0.1, 0.15) is 17.5 Å². The number of nitrogens with zero attached hydrogens (tertiary/aromatic N) is 6. The van der Waals surface area contributed by atoms with Gasteiger partial charge in [-0.3, -0.25) is 0 Å². The second-order valence-corrected chi connectivity index (χ2v) is 12.4. The Balaban J connectivity index is 1.41. The number of amides is 3. The second kappa shape index (κ2) is 12.2. The molecule has 3 amide bonds. The van der Waals surface area contributed by atoms with Gasteiger partial charge < -0.3 is 30.1 Å². The molecule has 1 atom stereocenters. The molecule has 3 heterocycles. The maximum absolute atomic E-state index is 12.5. The molecule has 11 nitrogen and oxygen atoms in total. The molecule has 0 aliphatic carbocycles. The van der Waals surface area contributed by atoms with E-state index in [1.807, 2.05) is 32.9 Å². The lowest BCUT2D eigenvalue weighted by Crippen LogP contribution is -2.50. The fraction of sp³-hybridized carbons (Fsp3) is 0.567. The topological polar surface area (TPSA) is 127 Å².